The Kier molecular flexibility index (Phi) is 21.8. The Morgan fingerprint density at radius 1 is 0.410 bits per heavy atom. The van der Waals surface area contributed by atoms with Crippen LogP contribution in [0.3, 0.4) is 0 Å². The van der Waals surface area contributed by atoms with Gasteiger partial charge in [-0.1, -0.05) is 136 Å². The minimum atomic E-state index is -0.209. The second kappa shape index (κ2) is 29.9. The number of hydrogen-bond acceptors (Lipinski definition) is 10. The predicted molar refractivity (Wildman–Crippen MR) is 315 cm³/mol. The number of fused-ring (bicyclic) bond motifs is 4. The molecule has 6 aromatic rings. The Labute approximate surface area is 462 Å². The fourth-order valence-electron chi connectivity index (χ4n) is 10.6. The number of nitrogens with one attached hydrogen (secondary N) is 2. The van der Waals surface area contributed by atoms with Crippen molar-refractivity contribution in [1.82, 2.24) is 29.6 Å². The van der Waals surface area contributed by atoms with E-state index in [0.29, 0.717) is 71.7 Å². The Bertz CT molecular complexity index is 2660. The fraction of sp³-hybridized carbons (Fsp3) is 0.406. The number of carbonyl (C=O) groups is 4. The number of anilines is 6. The smallest absolute Gasteiger partial charge is 0.257 e. The van der Waals surface area contributed by atoms with Crippen molar-refractivity contribution in [3.8, 4) is 0 Å². The second-order valence-electron chi connectivity index (χ2n) is 21.0. The quantitative estimate of drug-likeness (QED) is 0.0405. The number of nitrogens with zero attached hydrogens (tertiary/aromatic N) is 8. The van der Waals surface area contributed by atoms with Crippen LogP contribution in [-0.4, -0.2) is 120 Å². The fourth-order valence-corrected chi connectivity index (χ4v) is 10.6. The van der Waals surface area contributed by atoms with E-state index in [2.05, 4.69) is 68.8 Å². The summed E-state index contributed by atoms with van der Waals surface area (Å²) in [5.41, 5.74) is 5.75. The third kappa shape index (κ3) is 16.5. The van der Waals surface area contributed by atoms with Gasteiger partial charge in [0.25, 0.3) is 11.8 Å². The van der Waals surface area contributed by atoms with E-state index >= 15 is 0 Å². The number of rotatable bonds is 31. The zero-order chi connectivity index (χ0) is 54.3. The average molecular weight is 1050 g/mol. The van der Waals surface area contributed by atoms with Crippen molar-refractivity contribution in [2.75, 3.05) is 86.9 Å². The molecule has 14 heteroatoms. The van der Waals surface area contributed by atoms with Crippen molar-refractivity contribution in [3.63, 3.8) is 0 Å². The molecule has 0 bridgehead atoms. The second-order valence-corrected chi connectivity index (χ2v) is 21.0. The van der Waals surface area contributed by atoms with Gasteiger partial charge in [0.05, 0.1) is 33.9 Å². The maximum absolute atomic E-state index is 14.2. The molecule has 410 valence electrons. The molecule has 0 spiro atoms. The maximum Gasteiger partial charge on any atom is 0.257 e. The van der Waals surface area contributed by atoms with Crippen molar-refractivity contribution in [2.45, 2.75) is 103 Å². The molecule has 0 saturated carbocycles. The Hall–Kier alpha value is -7.42. The summed E-state index contributed by atoms with van der Waals surface area (Å²) in [7, 11) is 4.49. The van der Waals surface area contributed by atoms with Gasteiger partial charge in [-0.3, -0.25) is 19.2 Å². The van der Waals surface area contributed by atoms with Crippen LogP contribution in [0, 0.1) is 0 Å². The number of pyridine rings is 2. The average Bonchev–Trinajstić information content (AvgIpc) is 3.71. The summed E-state index contributed by atoms with van der Waals surface area (Å²) in [5.74, 6) is 0.715. The van der Waals surface area contributed by atoms with Gasteiger partial charge in [-0.2, -0.15) is 0 Å². The molecule has 2 aromatic heterocycles. The largest absolute Gasteiger partial charge is 0.337 e. The van der Waals surface area contributed by atoms with E-state index in [9.17, 15) is 19.2 Å². The summed E-state index contributed by atoms with van der Waals surface area (Å²) in [4.78, 5) is 76.5. The van der Waals surface area contributed by atoms with Crippen molar-refractivity contribution in [2.24, 2.45) is 0 Å². The lowest BCUT2D eigenvalue weighted by atomic mass is 10.1. The molecule has 4 aromatic carbocycles. The minimum Gasteiger partial charge on any atom is -0.337 e. The van der Waals surface area contributed by atoms with E-state index in [1.807, 2.05) is 105 Å². The molecule has 0 unspecified atom stereocenters. The van der Waals surface area contributed by atoms with Gasteiger partial charge in [0, 0.05) is 38.6 Å². The number of hydrogen-bond donors (Lipinski definition) is 2. The van der Waals surface area contributed by atoms with Gasteiger partial charge in [0.2, 0.25) is 11.8 Å². The first-order valence-corrected chi connectivity index (χ1v) is 28.5. The van der Waals surface area contributed by atoms with Gasteiger partial charge in [-0.05, 0) is 138 Å². The van der Waals surface area contributed by atoms with Crippen LogP contribution in [-0.2, 0) is 22.7 Å². The molecule has 4 heterocycles. The zero-order valence-corrected chi connectivity index (χ0v) is 46.0. The highest BCUT2D eigenvalue weighted by Gasteiger charge is 2.31. The summed E-state index contributed by atoms with van der Waals surface area (Å²) in [6.45, 7) is 6.99. The van der Waals surface area contributed by atoms with Crippen LogP contribution < -0.4 is 20.4 Å². The molecular formula is C64H80N10O4. The van der Waals surface area contributed by atoms with Crippen molar-refractivity contribution >= 4 is 58.0 Å². The molecule has 2 aliphatic rings. The van der Waals surface area contributed by atoms with Crippen LogP contribution >= 0.6 is 0 Å². The lowest BCUT2D eigenvalue weighted by Crippen LogP contribution is -2.39. The van der Waals surface area contributed by atoms with Crippen molar-refractivity contribution < 1.29 is 19.2 Å². The zero-order valence-electron chi connectivity index (χ0n) is 46.0. The third-order valence-electron chi connectivity index (χ3n) is 15.0. The van der Waals surface area contributed by atoms with Crippen molar-refractivity contribution in [3.05, 3.63) is 168 Å². The van der Waals surface area contributed by atoms with Gasteiger partial charge in [-0.25, -0.2) is 9.97 Å². The molecule has 4 amide bonds. The number of unbranched alkanes of at least 4 members (excludes halogenated alkanes) is 11. The third-order valence-corrected chi connectivity index (χ3v) is 15.0. The Morgan fingerprint density at radius 2 is 0.744 bits per heavy atom. The standard InChI is InChI=1S/C64H80N10O4/c1-69(43-23-7-9-25-45-71(47-51-29-13-11-14-30-51)59(75)49-73-57-37-19-17-33-53(57)63(77)67-55-35-27-39-65-61(55)73)41-21-5-3-4-6-22-42-70(2)44-24-8-10-26-46-72(48-52-31-15-12-16-32-52)60(76)50-74-58-38-20-18-34-54(58)64(78)68-56-36-28-40-66-62(56)74/h11-20,27-40H,3-10,21-26,41-50H2,1-2H3,(H,67,77)(H,68,78). The first-order chi connectivity index (χ1) is 38.2. The summed E-state index contributed by atoms with van der Waals surface area (Å²) in [6.07, 6.45) is 19.5. The highest BCUT2D eigenvalue weighted by atomic mass is 16.2. The Morgan fingerprint density at radius 3 is 1.13 bits per heavy atom. The lowest BCUT2D eigenvalue weighted by molar-refractivity contribution is -0.131. The normalized spacial score (nSPS) is 12.7. The van der Waals surface area contributed by atoms with Gasteiger partial charge < -0.3 is 40.0 Å². The summed E-state index contributed by atoms with van der Waals surface area (Å²) < 4.78 is 0. The maximum atomic E-state index is 14.2. The topological polar surface area (TPSA) is 138 Å². The van der Waals surface area contributed by atoms with Crippen LogP contribution in [0.4, 0.5) is 34.4 Å². The molecule has 8 rings (SSSR count). The molecule has 0 atom stereocenters. The summed E-state index contributed by atoms with van der Waals surface area (Å²) in [5, 5.41) is 5.96. The van der Waals surface area contributed by atoms with E-state index < -0.39 is 0 Å². The van der Waals surface area contributed by atoms with Gasteiger partial charge in [0.1, 0.15) is 13.1 Å². The van der Waals surface area contributed by atoms with Gasteiger partial charge >= 0.3 is 0 Å². The molecular weight excluding hydrogens is 973 g/mol. The SMILES string of the molecule is CN(CCCCCCCCN(C)CCCCCCN(Cc1ccccc1)C(=O)CN1c2ccccc2C(=O)Nc2cccnc21)CCCCCCN(Cc1ccccc1)C(=O)CN1c2ccccc2C(=O)Nc2cccnc21. The number of aromatic nitrogens is 2. The molecule has 0 saturated heterocycles. The van der Waals surface area contributed by atoms with Crippen LogP contribution in [0.2, 0.25) is 0 Å². The minimum absolute atomic E-state index is 0.000871. The first kappa shape index (κ1) is 56.8. The predicted octanol–water partition coefficient (Wildman–Crippen LogP) is 12.0. The van der Waals surface area contributed by atoms with Crippen LogP contribution in [0.1, 0.15) is 122 Å². The number of benzene rings is 4. The van der Waals surface area contributed by atoms with Crippen LogP contribution in [0.25, 0.3) is 0 Å². The van der Waals surface area contributed by atoms with E-state index in [-0.39, 0.29) is 36.7 Å². The van der Waals surface area contributed by atoms with Crippen LogP contribution in [0.5, 0.6) is 0 Å². The number of carbonyl (C=O) groups excluding carboxylic acids is 4. The van der Waals surface area contributed by atoms with E-state index in [0.717, 1.165) is 88.7 Å². The van der Waals surface area contributed by atoms with E-state index in [1.54, 1.807) is 36.7 Å². The monoisotopic (exact) mass is 1050 g/mol. The molecule has 0 fully saturated rings. The number of amides is 4. The van der Waals surface area contributed by atoms with Gasteiger partial charge in [0.15, 0.2) is 11.6 Å². The molecule has 78 heavy (non-hydrogen) atoms. The molecule has 0 aliphatic carbocycles. The summed E-state index contributed by atoms with van der Waals surface area (Å²) in [6, 6.07) is 42.4. The molecule has 14 nitrogen and oxygen atoms in total. The number of para-hydroxylation sites is 2. The van der Waals surface area contributed by atoms with Crippen LogP contribution in [0.15, 0.2) is 146 Å². The first-order valence-electron chi connectivity index (χ1n) is 28.5. The lowest BCUT2D eigenvalue weighted by Gasteiger charge is -2.29. The molecule has 0 radical (unpaired) electrons. The van der Waals surface area contributed by atoms with Crippen molar-refractivity contribution in [1.29, 1.82) is 0 Å². The highest BCUT2D eigenvalue weighted by molar-refractivity contribution is 6.13. The van der Waals surface area contributed by atoms with E-state index in [1.165, 1.54) is 38.5 Å². The molecule has 2 aliphatic heterocycles. The van der Waals surface area contributed by atoms with Gasteiger partial charge in [-0.15, -0.1) is 0 Å². The van der Waals surface area contributed by atoms with E-state index in [4.69, 9.17) is 0 Å². The molecule has 2 N–H and O–H groups in total. The summed E-state index contributed by atoms with van der Waals surface area (Å²) >= 11 is 0. The highest BCUT2D eigenvalue weighted by Crippen LogP contribution is 2.37. The Balaban J connectivity index is 0.668.